The zero-order chi connectivity index (χ0) is 21.5. The van der Waals surface area contributed by atoms with Crippen molar-refractivity contribution in [1.82, 2.24) is 19.3 Å². The molecule has 0 bridgehead atoms. The van der Waals surface area contributed by atoms with E-state index in [4.69, 9.17) is 11.6 Å². The molecule has 4 aromatic rings. The second-order valence-electron chi connectivity index (χ2n) is 7.79. The van der Waals surface area contributed by atoms with Gasteiger partial charge in [-0.25, -0.2) is 4.39 Å². The lowest BCUT2D eigenvalue weighted by Crippen LogP contribution is -2.17. The third kappa shape index (κ3) is 3.39. The molecule has 0 saturated carbocycles. The first-order valence-corrected chi connectivity index (χ1v) is 10.7. The first-order valence-electron chi connectivity index (χ1n) is 10.3. The maximum Gasteiger partial charge on any atom is 0.273 e. The normalized spacial score (nSPS) is 13.8. The summed E-state index contributed by atoms with van der Waals surface area (Å²) in [6.45, 7) is 0.836. The Morgan fingerprint density at radius 1 is 1.13 bits per heavy atom. The van der Waals surface area contributed by atoms with Crippen molar-refractivity contribution in [1.29, 1.82) is 0 Å². The predicted octanol–water partition coefficient (Wildman–Crippen LogP) is 5.21. The van der Waals surface area contributed by atoms with Gasteiger partial charge in [-0.3, -0.25) is 4.79 Å². The summed E-state index contributed by atoms with van der Waals surface area (Å²) in [5.74, 6) is 0.641. The number of carbonyl (C=O) groups is 1. The number of hydrogen-bond donors (Lipinski definition) is 1. The standard InChI is InChI=1S/C23H21ClFN5O/c1-29-18-8-5-4-7-15(18)20(24)21(29)23(31)26-17-13-14(10-11-16(17)25)22-28-27-19-9-3-2-6-12-30(19)22/h4-5,7-8,10-11,13H,2-3,6,9,12H2,1H3,(H,26,31). The molecular formula is C23H21ClFN5O. The second-order valence-corrected chi connectivity index (χ2v) is 8.17. The van der Waals surface area contributed by atoms with Crippen LogP contribution in [0.25, 0.3) is 22.3 Å². The molecule has 1 aliphatic rings. The van der Waals surface area contributed by atoms with E-state index in [1.165, 1.54) is 6.07 Å². The van der Waals surface area contributed by atoms with Crippen LogP contribution in [0, 0.1) is 5.82 Å². The third-order valence-electron chi connectivity index (χ3n) is 5.84. The number of aromatic nitrogens is 4. The molecule has 0 saturated heterocycles. The van der Waals surface area contributed by atoms with Gasteiger partial charge >= 0.3 is 0 Å². The number of benzene rings is 2. The maximum atomic E-state index is 14.6. The number of amides is 1. The summed E-state index contributed by atoms with van der Waals surface area (Å²) in [6, 6.07) is 12.1. The molecule has 5 rings (SSSR count). The fourth-order valence-corrected chi connectivity index (χ4v) is 4.61. The molecule has 0 fully saturated rings. The first-order chi connectivity index (χ1) is 15.0. The van der Waals surface area contributed by atoms with Crippen LogP contribution in [-0.2, 0) is 20.0 Å². The quantitative estimate of drug-likeness (QED) is 0.478. The third-order valence-corrected chi connectivity index (χ3v) is 6.23. The van der Waals surface area contributed by atoms with E-state index in [-0.39, 0.29) is 11.4 Å². The molecule has 6 nitrogen and oxygen atoms in total. The molecule has 0 aliphatic carbocycles. The Hall–Kier alpha value is -3.19. The number of anilines is 1. The molecule has 0 radical (unpaired) electrons. The van der Waals surface area contributed by atoms with Gasteiger partial charge in [-0.1, -0.05) is 36.2 Å². The molecule has 1 N–H and O–H groups in total. The fourth-order valence-electron chi connectivity index (χ4n) is 4.24. The lowest BCUT2D eigenvalue weighted by molar-refractivity contribution is 0.101. The van der Waals surface area contributed by atoms with Gasteiger partial charge in [-0.15, -0.1) is 10.2 Å². The van der Waals surface area contributed by atoms with Gasteiger partial charge in [0, 0.05) is 36.5 Å². The Kier molecular flexibility index (Phi) is 4.98. The Labute approximate surface area is 183 Å². The number of rotatable bonds is 3. The minimum atomic E-state index is -0.525. The van der Waals surface area contributed by atoms with Crippen LogP contribution < -0.4 is 5.32 Å². The van der Waals surface area contributed by atoms with E-state index in [1.807, 2.05) is 24.3 Å². The van der Waals surface area contributed by atoms with E-state index in [9.17, 15) is 9.18 Å². The van der Waals surface area contributed by atoms with Gasteiger partial charge in [-0.2, -0.15) is 0 Å². The van der Waals surface area contributed by atoms with Crippen molar-refractivity contribution in [3.8, 4) is 11.4 Å². The number of para-hydroxylation sites is 1. The number of fused-ring (bicyclic) bond motifs is 2. The maximum absolute atomic E-state index is 14.6. The summed E-state index contributed by atoms with van der Waals surface area (Å²) in [6.07, 6.45) is 4.19. The molecule has 0 atom stereocenters. The van der Waals surface area contributed by atoms with Crippen LogP contribution in [0.15, 0.2) is 42.5 Å². The van der Waals surface area contributed by atoms with Crippen molar-refractivity contribution < 1.29 is 9.18 Å². The molecule has 2 aromatic carbocycles. The molecule has 3 heterocycles. The van der Waals surface area contributed by atoms with Crippen molar-refractivity contribution in [2.75, 3.05) is 5.32 Å². The lowest BCUT2D eigenvalue weighted by atomic mass is 10.1. The van der Waals surface area contributed by atoms with E-state index >= 15 is 0 Å². The van der Waals surface area contributed by atoms with Gasteiger partial charge in [0.25, 0.3) is 5.91 Å². The smallest absolute Gasteiger partial charge is 0.273 e. The zero-order valence-electron chi connectivity index (χ0n) is 17.0. The van der Waals surface area contributed by atoms with E-state index < -0.39 is 11.7 Å². The number of aryl methyl sites for hydroxylation is 2. The van der Waals surface area contributed by atoms with E-state index in [0.29, 0.717) is 16.4 Å². The highest BCUT2D eigenvalue weighted by atomic mass is 35.5. The molecular weight excluding hydrogens is 417 g/mol. The number of carbonyl (C=O) groups excluding carboxylic acids is 1. The molecule has 0 unspecified atom stereocenters. The fraction of sp³-hybridized carbons (Fsp3) is 0.261. The van der Waals surface area contributed by atoms with Crippen LogP contribution in [0.5, 0.6) is 0 Å². The molecule has 31 heavy (non-hydrogen) atoms. The Bertz CT molecular complexity index is 1270. The first kappa shape index (κ1) is 19.8. The van der Waals surface area contributed by atoms with Gasteiger partial charge in [0.1, 0.15) is 17.3 Å². The van der Waals surface area contributed by atoms with Gasteiger partial charge in [0.05, 0.1) is 10.7 Å². The Morgan fingerprint density at radius 2 is 1.97 bits per heavy atom. The van der Waals surface area contributed by atoms with E-state index in [2.05, 4.69) is 20.1 Å². The highest BCUT2D eigenvalue weighted by Gasteiger charge is 2.22. The van der Waals surface area contributed by atoms with Gasteiger partial charge in [-0.05, 0) is 37.1 Å². The summed E-state index contributed by atoms with van der Waals surface area (Å²) in [5, 5.41) is 12.4. The SMILES string of the molecule is Cn1c(C(=O)Nc2cc(-c3nnc4n3CCCCC4)ccc2F)c(Cl)c2ccccc21. The minimum Gasteiger partial charge on any atom is -0.338 e. The van der Waals surface area contributed by atoms with E-state index in [0.717, 1.165) is 49.0 Å². The number of nitrogens with zero attached hydrogens (tertiary/aromatic N) is 4. The number of hydrogen-bond acceptors (Lipinski definition) is 3. The largest absolute Gasteiger partial charge is 0.338 e. The number of halogens is 2. The summed E-state index contributed by atoms with van der Waals surface area (Å²) in [5.41, 5.74) is 1.90. The Balaban J connectivity index is 1.50. The summed E-state index contributed by atoms with van der Waals surface area (Å²) < 4.78 is 18.4. The highest BCUT2D eigenvalue weighted by Crippen LogP contribution is 2.31. The average molecular weight is 438 g/mol. The molecule has 1 amide bonds. The van der Waals surface area contributed by atoms with Crippen molar-refractivity contribution in [3.05, 3.63) is 64.8 Å². The van der Waals surface area contributed by atoms with Crippen LogP contribution in [0.1, 0.15) is 35.6 Å². The monoisotopic (exact) mass is 437 g/mol. The molecule has 1 aliphatic heterocycles. The van der Waals surface area contributed by atoms with Crippen molar-refractivity contribution in [2.24, 2.45) is 7.05 Å². The van der Waals surface area contributed by atoms with Crippen LogP contribution >= 0.6 is 11.6 Å². The predicted molar refractivity (Wildman–Crippen MR) is 119 cm³/mol. The van der Waals surface area contributed by atoms with Gasteiger partial charge in [0.2, 0.25) is 0 Å². The molecule has 2 aromatic heterocycles. The average Bonchev–Trinajstić information content (AvgIpc) is 3.18. The summed E-state index contributed by atoms with van der Waals surface area (Å²) >= 11 is 6.47. The summed E-state index contributed by atoms with van der Waals surface area (Å²) in [4.78, 5) is 13.0. The van der Waals surface area contributed by atoms with Crippen LogP contribution in [-0.4, -0.2) is 25.2 Å². The van der Waals surface area contributed by atoms with Crippen molar-refractivity contribution in [2.45, 2.75) is 32.2 Å². The van der Waals surface area contributed by atoms with Gasteiger partial charge < -0.3 is 14.5 Å². The molecule has 8 heteroatoms. The zero-order valence-corrected chi connectivity index (χ0v) is 17.8. The van der Waals surface area contributed by atoms with Gasteiger partial charge in [0.15, 0.2) is 5.82 Å². The molecule has 0 spiro atoms. The minimum absolute atomic E-state index is 0.0785. The van der Waals surface area contributed by atoms with E-state index in [1.54, 1.807) is 23.7 Å². The number of nitrogens with one attached hydrogen (secondary N) is 1. The van der Waals surface area contributed by atoms with Crippen molar-refractivity contribution in [3.63, 3.8) is 0 Å². The second kappa shape index (κ2) is 7.81. The Morgan fingerprint density at radius 3 is 2.81 bits per heavy atom. The topological polar surface area (TPSA) is 64.7 Å². The van der Waals surface area contributed by atoms with Crippen LogP contribution in [0.3, 0.4) is 0 Å². The lowest BCUT2D eigenvalue weighted by Gasteiger charge is -2.11. The van der Waals surface area contributed by atoms with Crippen LogP contribution in [0.4, 0.5) is 10.1 Å². The summed E-state index contributed by atoms with van der Waals surface area (Å²) in [7, 11) is 1.77. The molecule has 158 valence electrons. The van der Waals surface area contributed by atoms with Crippen molar-refractivity contribution >= 4 is 34.1 Å². The highest BCUT2D eigenvalue weighted by molar-refractivity contribution is 6.39. The van der Waals surface area contributed by atoms with Crippen LogP contribution in [0.2, 0.25) is 5.02 Å².